The predicted molar refractivity (Wildman–Crippen MR) is 495 cm³/mol. The van der Waals surface area contributed by atoms with Crippen LogP contribution in [-0.4, -0.2) is 8.75 Å². The van der Waals surface area contributed by atoms with Crippen molar-refractivity contribution in [3.63, 3.8) is 0 Å². The topological polar surface area (TPSA) is 25.8 Å². The monoisotopic (exact) mass is 1570 g/mol. The van der Waals surface area contributed by atoms with Crippen LogP contribution in [0.3, 0.4) is 0 Å². The number of fused-ring (bicyclic) bond motifs is 7. The van der Waals surface area contributed by atoms with E-state index in [0.717, 1.165) is 11.0 Å². The van der Waals surface area contributed by atoms with E-state index in [4.69, 9.17) is 8.75 Å². The van der Waals surface area contributed by atoms with Gasteiger partial charge in [-0.15, -0.1) is 45.3 Å². The Hall–Kier alpha value is -2.94. The van der Waals surface area contributed by atoms with E-state index in [9.17, 15) is 0 Å². The first-order valence-corrected chi connectivity index (χ1v) is 51.6. The first-order valence-electron chi connectivity index (χ1n) is 47.6. The molecule has 7 heteroatoms. The third-order valence-corrected chi connectivity index (χ3v) is 31.5. The Morgan fingerprint density at radius 2 is 0.514 bits per heavy atom. The van der Waals surface area contributed by atoms with E-state index < -0.39 is 0 Å². The highest BCUT2D eigenvalue weighted by Gasteiger charge is 2.52. The molecule has 0 spiro atoms. The third-order valence-electron chi connectivity index (χ3n) is 26.4. The molecule has 2 aliphatic carbocycles. The quantitative estimate of drug-likeness (QED) is 0.0355. The van der Waals surface area contributed by atoms with Crippen molar-refractivity contribution in [2.24, 2.45) is 0 Å². The van der Waals surface area contributed by atoms with Gasteiger partial charge in [0.15, 0.2) is 0 Å². The molecule has 0 saturated heterocycles. The Balaban J connectivity index is 1.00. The summed E-state index contributed by atoms with van der Waals surface area (Å²) in [5, 5.41) is 0. The molecule has 9 rings (SSSR count). The molecule has 109 heavy (non-hydrogen) atoms. The second kappa shape index (κ2) is 51.9. The van der Waals surface area contributed by atoms with Gasteiger partial charge in [0.1, 0.15) is 11.0 Å². The molecule has 0 saturated carbocycles. The van der Waals surface area contributed by atoms with Crippen molar-refractivity contribution >= 4 is 68.1 Å². The summed E-state index contributed by atoms with van der Waals surface area (Å²) in [6.07, 6.45) is 90.2. The highest BCUT2D eigenvalue weighted by atomic mass is 32.1. The first kappa shape index (κ1) is 90.0. The average molecular weight is 1570 g/mol. The molecule has 0 amide bonds. The Morgan fingerprint density at radius 1 is 0.248 bits per heavy atom. The normalized spacial score (nSPS) is 13.4. The van der Waals surface area contributed by atoms with Crippen molar-refractivity contribution in [2.45, 2.75) is 477 Å². The number of hydrogen-bond donors (Lipinski definition) is 0. The van der Waals surface area contributed by atoms with Crippen LogP contribution in [0.4, 0.5) is 0 Å². The Morgan fingerprint density at radius 3 is 0.817 bits per heavy atom. The molecule has 0 radical (unpaired) electrons. The minimum absolute atomic E-state index is 0.00503. The lowest BCUT2D eigenvalue weighted by molar-refractivity contribution is 0.392. The summed E-state index contributed by atoms with van der Waals surface area (Å²) in [6, 6.07) is 19.7. The maximum Gasteiger partial charge on any atom is 0.114 e. The van der Waals surface area contributed by atoms with Gasteiger partial charge >= 0.3 is 0 Å². The molecule has 0 fully saturated rings. The summed E-state index contributed by atoms with van der Waals surface area (Å²) < 4.78 is 10.0. The lowest BCUT2D eigenvalue weighted by Crippen LogP contribution is -2.29. The summed E-state index contributed by atoms with van der Waals surface area (Å²) >= 11 is 9.60. The van der Waals surface area contributed by atoms with Gasteiger partial charge in [0.05, 0.1) is 11.7 Å². The molecule has 0 N–H and O–H groups in total. The molecule has 0 unspecified atom stereocenters. The summed E-state index contributed by atoms with van der Waals surface area (Å²) in [7, 11) is 0. The molecular formula is C102H160N2S5. The molecule has 5 aromatic heterocycles. The van der Waals surface area contributed by atoms with Crippen LogP contribution in [0.25, 0.3) is 62.6 Å². The number of aromatic nitrogens is 2. The van der Waals surface area contributed by atoms with Crippen molar-refractivity contribution in [1.29, 1.82) is 0 Å². The van der Waals surface area contributed by atoms with E-state index in [2.05, 4.69) is 127 Å². The van der Waals surface area contributed by atoms with E-state index in [1.54, 1.807) is 54.3 Å². The second-order valence-electron chi connectivity index (χ2n) is 35.4. The maximum absolute atomic E-state index is 5.04. The number of unbranched alkanes of at least 4 members (excludes halogenated alkanes) is 56. The summed E-state index contributed by atoms with van der Waals surface area (Å²) in [6.45, 7) is 19.4. The van der Waals surface area contributed by atoms with Gasteiger partial charge in [0.25, 0.3) is 0 Å². The van der Waals surface area contributed by atoms with Crippen LogP contribution in [-0.2, 0) is 10.8 Å². The molecular weight excluding hydrogens is 1410 g/mol. The lowest BCUT2D eigenvalue weighted by atomic mass is 9.66. The number of benzene rings is 2. The highest BCUT2D eigenvalue weighted by Crippen LogP contribution is 2.67. The minimum atomic E-state index is 0.00503. The smallest absolute Gasteiger partial charge is 0.114 e. The Labute approximate surface area is 691 Å². The van der Waals surface area contributed by atoms with E-state index in [1.807, 2.05) is 22.7 Å². The van der Waals surface area contributed by atoms with Gasteiger partial charge in [0.2, 0.25) is 0 Å². The van der Waals surface area contributed by atoms with E-state index in [-0.39, 0.29) is 10.8 Å². The molecule has 0 bridgehead atoms. The number of thiophene rings is 4. The molecule has 2 aliphatic rings. The van der Waals surface area contributed by atoms with Crippen LogP contribution in [0.1, 0.15) is 482 Å². The zero-order chi connectivity index (χ0) is 76.4. The van der Waals surface area contributed by atoms with E-state index >= 15 is 0 Å². The molecule has 5 heterocycles. The van der Waals surface area contributed by atoms with Crippen LogP contribution in [0.2, 0.25) is 0 Å². The van der Waals surface area contributed by atoms with E-state index in [1.165, 1.54) is 463 Å². The van der Waals surface area contributed by atoms with Gasteiger partial charge in [-0.05, 0) is 134 Å². The fourth-order valence-electron chi connectivity index (χ4n) is 20.1. The van der Waals surface area contributed by atoms with Crippen molar-refractivity contribution in [3.8, 4) is 51.5 Å². The zero-order valence-electron chi connectivity index (χ0n) is 71.8. The SMILES string of the molecule is CCCCCCCCCCCCCCCCCC1(CCCCCCCCCCCCCCCCC)c2cc(C)sc2-c2c(C)c3c(c(C)c21)-c1sc(-c2ccc(-c4ccc(-c5ccc(C)s5)c5nsnc45)s2)cc1C3(CCCCCCCCCCCCCCCCC)CCCCCCCCCCCCCCCCC. The van der Waals surface area contributed by atoms with Gasteiger partial charge in [0, 0.05) is 61.0 Å². The summed E-state index contributed by atoms with van der Waals surface area (Å²) in [5.41, 5.74) is 18.4. The number of nitrogens with zero attached hydrogens (tertiary/aromatic N) is 2. The van der Waals surface area contributed by atoms with Crippen LogP contribution < -0.4 is 0 Å². The van der Waals surface area contributed by atoms with E-state index in [0.29, 0.717) is 0 Å². The molecule has 2 nitrogen and oxygen atoms in total. The zero-order valence-corrected chi connectivity index (χ0v) is 75.9. The molecule has 0 aliphatic heterocycles. The van der Waals surface area contributed by atoms with Gasteiger partial charge in [-0.2, -0.15) is 8.75 Å². The maximum atomic E-state index is 5.04. The Kier molecular flexibility index (Phi) is 42.8. The average Bonchev–Trinajstić information content (AvgIpc) is 1.51. The van der Waals surface area contributed by atoms with Gasteiger partial charge in [-0.3, -0.25) is 0 Å². The number of aryl methyl sites for hydroxylation is 2. The summed E-state index contributed by atoms with van der Waals surface area (Å²) in [5.74, 6) is 0. The molecule has 608 valence electrons. The van der Waals surface area contributed by atoms with Crippen LogP contribution in [0.15, 0.2) is 48.5 Å². The largest absolute Gasteiger partial charge is 0.172 e. The van der Waals surface area contributed by atoms with Gasteiger partial charge in [-0.25, -0.2) is 0 Å². The molecule has 2 aromatic carbocycles. The van der Waals surface area contributed by atoms with Crippen LogP contribution in [0, 0.1) is 27.7 Å². The third kappa shape index (κ3) is 27.3. The van der Waals surface area contributed by atoms with Crippen molar-refractivity contribution in [1.82, 2.24) is 8.75 Å². The molecule has 7 aromatic rings. The predicted octanol–water partition coefficient (Wildman–Crippen LogP) is 37.8. The first-order chi connectivity index (χ1) is 53.7. The van der Waals surface area contributed by atoms with Gasteiger partial charge in [-0.1, -0.05) is 425 Å². The van der Waals surface area contributed by atoms with Crippen molar-refractivity contribution in [3.05, 3.63) is 91.7 Å². The van der Waals surface area contributed by atoms with Crippen molar-refractivity contribution < 1.29 is 0 Å². The lowest BCUT2D eigenvalue weighted by Gasteiger charge is -2.37. The standard InChI is InChI=1S/C102H160N2S5/c1-9-13-17-21-25-29-33-37-41-45-49-53-57-61-65-75-101(76-66-62-58-54-50-46-42-38-34-30-26-22-18-14-10-2)87-79-82(6)106-99(87)93-83(7)96-94(84(8)95(93)101)100-88(80-92(108-100)91-74-73-90(107-91)86-71-70-85(89-72-69-81(5)105-89)97-98(86)104-109-103-97)102(96,77-67-63-59-55-51-47-43-39-35-31-27-23-19-15-11-3)78-68-64-60-56-52-48-44-40-36-32-28-24-20-16-12-4/h69-74,79-80H,9-68,75-78H2,1-8H3. The van der Waals surface area contributed by atoms with Crippen LogP contribution >= 0.6 is 57.1 Å². The summed E-state index contributed by atoms with van der Waals surface area (Å²) in [4.78, 5) is 11.7. The minimum Gasteiger partial charge on any atom is -0.172 e. The number of rotatable bonds is 67. The fourth-order valence-corrected chi connectivity index (χ4v) is 25.2. The second-order valence-corrected chi connectivity index (χ2v) is 40.6. The Bertz CT molecular complexity index is 3490. The fraction of sp³-hybridized carbons (Fsp3) is 0.725. The van der Waals surface area contributed by atoms with Gasteiger partial charge < -0.3 is 0 Å². The van der Waals surface area contributed by atoms with Crippen molar-refractivity contribution in [2.75, 3.05) is 0 Å². The number of hydrogen-bond acceptors (Lipinski definition) is 7. The van der Waals surface area contributed by atoms with Crippen LogP contribution in [0.5, 0.6) is 0 Å². The molecule has 0 atom stereocenters. The highest BCUT2D eigenvalue weighted by molar-refractivity contribution is 7.25.